The van der Waals surface area contributed by atoms with Crippen LogP contribution in [0.5, 0.6) is 0 Å². The third kappa shape index (κ3) is 11.2. The lowest BCUT2D eigenvalue weighted by Crippen LogP contribution is -2.30. The van der Waals surface area contributed by atoms with Gasteiger partial charge in [-0.15, -0.1) is 0 Å². The summed E-state index contributed by atoms with van der Waals surface area (Å²) in [5.74, 6) is 0.670. The Balaban J connectivity index is 0. The van der Waals surface area contributed by atoms with Gasteiger partial charge < -0.3 is 8.23 Å². The second-order valence-corrected chi connectivity index (χ2v) is 13.1. The van der Waals surface area contributed by atoms with Gasteiger partial charge in [0.1, 0.15) is 21.0 Å². The molecule has 0 N–H and O–H groups in total. The maximum atomic E-state index is 5.37. The van der Waals surface area contributed by atoms with E-state index in [9.17, 15) is 0 Å². The highest BCUT2D eigenvalue weighted by Gasteiger charge is 2.16. The molecular weight excluding hydrogens is 260 g/mol. The predicted molar refractivity (Wildman–Crippen MR) is 81.6 cm³/mol. The monoisotopic (exact) mass is 286 g/mol. The van der Waals surface area contributed by atoms with Gasteiger partial charge in [-0.25, -0.2) is 0 Å². The van der Waals surface area contributed by atoms with Crippen molar-refractivity contribution in [3.63, 3.8) is 0 Å². The topological polar surface area (TPSA) is 18.5 Å². The van der Waals surface area contributed by atoms with Crippen LogP contribution in [0.4, 0.5) is 0 Å². The van der Waals surface area contributed by atoms with Crippen LogP contribution in [0, 0.1) is 5.92 Å². The summed E-state index contributed by atoms with van der Waals surface area (Å²) in [6.45, 7) is 11.0. The van der Waals surface area contributed by atoms with Gasteiger partial charge in [0, 0.05) is 4.87 Å². The number of thiol groups is 1. The van der Waals surface area contributed by atoms with E-state index in [1.807, 2.05) is 0 Å². The fourth-order valence-electron chi connectivity index (χ4n) is 0.681. The fourth-order valence-corrected chi connectivity index (χ4v) is 3.98. The second-order valence-electron chi connectivity index (χ2n) is 3.96. The normalized spacial score (nSPS) is 15.4. The molecule has 0 aliphatic heterocycles. The molecule has 0 aliphatic rings. The quantitative estimate of drug-likeness (QED) is 0.549. The molecule has 0 saturated heterocycles. The van der Waals surface area contributed by atoms with Crippen molar-refractivity contribution in [2.75, 3.05) is 0 Å². The maximum Gasteiger partial charge on any atom is 0.172 e. The van der Waals surface area contributed by atoms with Crippen LogP contribution in [-0.2, 0) is 8.23 Å². The van der Waals surface area contributed by atoms with Crippen LogP contribution in [-0.4, -0.2) is 43.9 Å². The SMILES string of the molecule is CC(C)C(S)[SiH](C)O[SiH3].C[SiH](C)O[SiH3]. The van der Waals surface area contributed by atoms with Crippen molar-refractivity contribution < 1.29 is 8.23 Å². The Morgan fingerprint density at radius 3 is 1.50 bits per heavy atom. The smallest absolute Gasteiger partial charge is 0.172 e. The van der Waals surface area contributed by atoms with E-state index in [2.05, 4.69) is 46.1 Å². The lowest BCUT2D eigenvalue weighted by atomic mass is 10.3. The lowest BCUT2D eigenvalue weighted by molar-refractivity contribution is 0.592. The molecule has 0 amide bonds. The molecule has 0 aliphatic carbocycles. The van der Waals surface area contributed by atoms with Gasteiger partial charge in [-0.05, 0) is 25.6 Å². The zero-order valence-electron chi connectivity index (χ0n) is 10.6. The van der Waals surface area contributed by atoms with Crippen molar-refractivity contribution in [2.24, 2.45) is 5.92 Å². The Hall–Kier alpha value is 1.14. The molecule has 0 fully saturated rings. The summed E-state index contributed by atoms with van der Waals surface area (Å²) in [7, 11) is 0.319. The Bertz CT molecular complexity index is 126. The van der Waals surface area contributed by atoms with Gasteiger partial charge in [-0.2, -0.15) is 12.6 Å². The van der Waals surface area contributed by atoms with Gasteiger partial charge in [-0.3, -0.25) is 0 Å². The van der Waals surface area contributed by atoms with Crippen molar-refractivity contribution >= 4 is 51.7 Å². The zero-order chi connectivity index (χ0) is 11.7. The Kier molecular flexibility index (Phi) is 13.3. The predicted octanol–water partition coefficient (Wildman–Crippen LogP) is -0.603. The molecule has 88 valence electrons. The summed E-state index contributed by atoms with van der Waals surface area (Å²) < 4.78 is 10.4. The van der Waals surface area contributed by atoms with E-state index in [1.54, 1.807) is 0 Å². The summed E-state index contributed by atoms with van der Waals surface area (Å²) in [5, 5.41) is 0. The summed E-state index contributed by atoms with van der Waals surface area (Å²) in [5.41, 5.74) is 0. The summed E-state index contributed by atoms with van der Waals surface area (Å²) in [6.07, 6.45) is 0. The molecular formula is C7H26O2SSi4. The molecule has 0 heterocycles. The van der Waals surface area contributed by atoms with E-state index in [-0.39, 0.29) is 0 Å². The van der Waals surface area contributed by atoms with Crippen molar-refractivity contribution in [3.05, 3.63) is 0 Å². The second kappa shape index (κ2) is 10.6. The maximum absolute atomic E-state index is 5.37. The summed E-state index contributed by atoms with van der Waals surface area (Å²) in [4.78, 5) is 0.530. The van der Waals surface area contributed by atoms with Crippen LogP contribution in [0.15, 0.2) is 0 Å². The third-order valence-electron chi connectivity index (χ3n) is 2.01. The van der Waals surface area contributed by atoms with Crippen LogP contribution >= 0.6 is 12.6 Å². The van der Waals surface area contributed by atoms with Crippen molar-refractivity contribution in [1.29, 1.82) is 0 Å². The molecule has 2 nitrogen and oxygen atoms in total. The van der Waals surface area contributed by atoms with Crippen LogP contribution in [0.3, 0.4) is 0 Å². The van der Waals surface area contributed by atoms with Crippen LogP contribution in [0.1, 0.15) is 13.8 Å². The third-order valence-corrected chi connectivity index (χ3v) is 12.3. The van der Waals surface area contributed by atoms with E-state index >= 15 is 0 Å². The van der Waals surface area contributed by atoms with Gasteiger partial charge in [0.2, 0.25) is 0 Å². The van der Waals surface area contributed by atoms with Gasteiger partial charge >= 0.3 is 0 Å². The minimum Gasteiger partial charge on any atom is -0.466 e. The summed E-state index contributed by atoms with van der Waals surface area (Å²) in [6, 6.07) is 0. The highest BCUT2D eigenvalue weighted by molar-refractivity contribution is 7.82. The molecule has 2 unspecified atom stereocenters. The molecule has 0 aromatic carbocycles. The van der Waals surface area contributed by atoms with E-state index in [4.69, 9.17) is 8.23 Å². The summed E-state index contributed by atoms with van der Waals surface area (Å²) >= 11 is 4.46. The average molecular weight is 287 g/mol. The first-order valence-corrected chi connectivity index (χ1v) is 12.3. The van der Waals surface area contributed by atoms with Crippen LogP contribution in [0.2, 0.25) is 19.6 Å². The largest absolute Gasteiger partial charge is 0.466 e. The Labute approximate surface area is 104 Å². The molecule has 2 atom stereocenters. The first-order valence-electron chi connectivity index (χ1n) is 5.10. The standard InChI is InChI=1S/C5H16OSSi2.C2H10OSi2/c1-4(2)5(7)9(3)6-8;1-5(2)3-4/h4-5,7,9H,1-3,8H3;5H,1-2,4H3. The van der Waals surface area contributed by atoms with Crippen LogP contribution in [0.25, 0.3) is 0 Å². The molecule has 0 aromatic heterocycles. The van der Waals surface area contributed by atoms with Crippen molar-refractivity contribution in [3.8, 4) is 0 Å². The first kappa shape index (κ1) is 17.5. The van der Waals surface area contributed by atoms with Crippen molar-refractivity contribution in [2.45, 2.75) is 38.4 Å². The van der Waals surface area contributed by atoms with E-state index < -0.39 is 18.1 Å². The molecule has 0 rings (SSSR count). The van der Waals surface area contributed by atoms with Gasteiger partial charge in [0.15, 0.2) is 18.1 Å². The minimum atomic E-state index is -0.907. The van der Waals surface area contributed by atoms with Gasteiger partial charge in [0.05, 0.1) is 0 Å². The van der Waals surface area contributed by atoms with E-state index in [1.165, 1.54) is 0 Å². The zero-order valence-corrected chi connectivity index (χ0v) is 17.8. The van der Waals surface area contributed by atoms with E-state index in [0.29, 0.717) is 10.8 Å². The first-order chi connectivity index (χ1) is 6.36. The molecule has 14 heavy (non-hydrogen) atoms. The number of hydrogen-bond acceptors (Lipinski definition) is 3. The number of hydrogen-bond donors (Lipinski definition) is 1. The highest BCUT2D eigenvalue weighted by atomic mass is 32.1. The average Bonchev–Trinajstić information content (AvgIpc) is 2.16. The van der Waals surface area contributed by atoms with Crippen molar-refractivity contribution in [1.82, 2.24) is 0 Å². The number of rotatable bonds is 4. The Morgan fingerprint density at radius 2 is 1.43 bits per heavy atom. The molecule has 0 bridgehead atoms. The van der Waals surface area contributed by atoms with Gasteiger partial charge in [0.25, 0.3) is 0 Å². The molecule has 0 aromatic rings. The highest BCUT2D eigenvalue weighted by Crippen LogP contribution is 2.11. The Morgan fingerprint density at radius 1 is 1.07 bits per heavy atom. The molecule has 0 saturated carbocycles. The van der Waals surface area contributed by atoms with E-state index in [0.717, 1.165) is 21.0 Å². The minimum absolute atomic E-state index is 0.530. The van der Waals surface area contributed by atoms with Crippen LogP contribution < -0.4 is 0 Å². The van der Waals surface area contributed by atoms with Gasteiger partial charge in [-0.1, -0.05) is 13.8 Å². The molecule has 7 heteroatoms. The molecule has 0 spiro atoms. The fraction of sp³-hybridized carbons (Fsp3) is 1.00. The lowest BCUT2D eigenvalue weighted by Gasteiger charge is -2.19. The molecule has 0 radical (unpaired) electrons.